The van der Waals surface area contributed by atoms with Crippen molar-refractivity contribution in [2.75, 3.05) is 0 Å². The van der Waals surface area contributed by atoms with Crippen LogP contribution in [0.5, 0.6) is 0 Å². The summed E-state index contributed by atoms with van der Waals surface area (Å²) in [5.74, 6) is 5.86. The molecule has 0 spiro atoms. The second-order valence-electron chi connectivity index (χ2n) is 5.33. The molecule has 0 aromatic heterocycles. The van der Waals surface area contributed by atoms with Crippen LogP contribution >= 0.6 is 0 Å². The van der Waals surface area contributed by atoms with E-state index in [4.69, 9.17) is 0 Å². The van der Waals surface area contributed by atoms with Crippen molar-refractivity contribution in [3.05, 3.63) is 108 Å². The monoisotopic (exact) mass is 344 g/mol. The highest BCUT2D eigenvalue weighted by Crippen LogP contribution is 2.27. The zero-order chi connectivity index (χ0) is 17.5. The third-order valence-corrected chi connectivity index (χ3v) is 5.42. The first-order valence-corrected chi connectivity index (χ1v) is 9.28. The fourth-order valence-corrected chi connectivity index (χ4v) is 3.78. The highest BCUT2D eigenvalue weighted by atomic mass is 32.2. The smallest absolute Gasteiger partial charge is 0.207 e. The van der Waals surface area contributed by atoms with Crippen LogP contribution in [-0.4, -0.2) is 8.42 Å². The minimum Gasteiger partial charge on any atom is -0.218 e. The van der Waals surface area contributed by atoms with Gasteiger partial charge in [-0.15, -0.1) is 0 Å². The first kappa shape index (κ1) is 16.8. The zero-order valence-corrected chi connectivity index (χ0v) is 14.3. The van der Waals surface area contributed by atoms with Crippen molar-refractivity contribution in [2.24, 2.45) is 0 Å². The Bertz CT molecular complexity index is 1020. The Labute approximate surface area is 148 Å². The highest BCUT2D eigenvalue weighted by Gasteiger charge is 2.21. The maximum Gasteiger partial charge on any atom is 0.207 e. The Balaban J connectivity index is 2.09. The lowest BCUT2D eigenvalue weighted by Crippen LogP contribution is -2.04. The molecule has 0 saturated heterocycles. The van der Waals surface area contributed by atoms with Gasteiger partial charge in [-0.05, 0) is 29.8 Å². The van der Waals surface area contributed by atoms with Crippen LogP contribution in [-0.2, 0) is 9.84 Å². The number of rotatable bonds is 3. The standard InChI is InChI=1S/C22H16O2S/c23-25(24,21-16-8-3-9-17-21)22(20-14-6-2-7-15-20)18-10-13-19-11-4-1-5-12-19/h1-9,11-12,14-18H/b22-18-. The fraction of sp³-hybridized carbons (Fsp3) is 0. The highest BCUT2D eigenvalue weighted by molar-refractivity contribution is 8.00. The van der Waals surface area contributed by atoms with E-state index in [2.05, 4.69) is 11.8 Å². The lowest BCUT2D eigenvalue weighted by molar-refractivity contribution is 0.606. The van der Waals surface area contributed by atoms with Crippen molar-refractivity contribution in [3.8, 4) is 11.8 Å². The van der Waals surface area contributed by atoms with Crippen LogP contribution in [0.15, 0.2) is 102 Å². The van der Waals surface area contributed by atoms with E-state index in [0.717, 1.165) is 5.56 Å². The normalized spacial score (nSPS) is 11.4. The first-order valence-electron chi connectivity index (χ1n) is 7.80. The molecule has 0 N–H and O–H groups in total. The van der Waals surface area contributed by atoms with Crippen molar-refractivity contribution in [1.82, 2.24) is 0 Å². The lowest BCUT2D eigenvalue weighted by atomic mass is 10.2. The fourth-order valence-electron chi connectivity index (χ4n) is 2.35. The van der Waals surface area contributed by atoms with E-state index in [1.165, 1.54) is 6.08 Å². The second kappa shape index (κ2) is 7.65. The SMILES string of the molecule is O=S(=O)(/C(=C\C#Cc1ccccc1)c1ccccc1)c1ccccc1. The van der Waals surface area contributed by atoms with E-state index in [1.807, 2.05) is 48.5 Å². The molecule has 122 valence electrons. The summed E-state index contributed by atoms with van der Waals surface area (Å²) in [4.78, 5) is 0.453. The molecule has 3 aromatic rings. The van der Waals surface area contributed by atoms with Crippen molar-refractivity contribution in [3.63, 3.8) is 0 Å². The van der Waals surface area contributed by atoms with Gasteiger partial charge in [-0.25, -0.2) is 8.42 Å². The summed E-state index contributed by atoms with van der Waals surface area (Å²) in [7, 11) is -3.65. The van der Waals surface area contributed by atoms with E-state index in [0.29, 0.717) is 5.56 Å². The minimum absolute atomic E-state index is 0.197. The van der Waals surface area contributed by atoms with E-state index >= 15 is 0 Å². The predicted octanol–water partition coefficient (Wildman–Crippen LogP) is 4.55. The van der Waals surface area contributed by atoms with Crippen molar-refractivity contribution >= 4 is 14.7 Å². The average Bonchev–Trinajstić information content (AvgIpc) is 2.67. The third-order valence-electron chi connectivity index (χ3n) is 3.59. The molecule has 0 amide bonds. The third kappa shape index (κ3) is 4.06. The van der Waals surface area contributed by atoms with Gasteiger partial charge in [0.25, 0.3) is 0 Å². The Hall–Kier alpha value is -3.09. The molecule has 3 rings (SSSR count). The van der Waals surface area contributed by atoms with Gasteiger partial charge in [-0.2, -0.15) is 0 Å². The number of benzene rings is 3. The Kier molecular flexibility index (Phi) is 5.13. The van der Waals surface area contributed by atoms with Crippen LogP contribution < -0.4 is 0 Å². The average molecular weight is 344 g/mol. The van der Waals surface area contributed by atoms with Gasteiger partial charge < -0.3 is 0 Å². The molecule has 25 heavy (non-hydrogen) atoms. The molecule has 0 aliphatic heterocycles. The van der Waals surface area contributed by atoms with Crippen LogP contribution in [0.3, 0.4) is 0 Å². The lowest BCUT2D eigenvalue weighted by Gasteiger charge is -2.08. The second-order valence-corrected chi connectivity index (χ2v) is 7.24. The molecule has 3 aromatic carbocycles. The van der Waals surface area contributed by atoms with Gasteiger partial charge in [0.1, 0.15) is 0 Å². The Morgan fingerprint density at radius 1 is 0.720 bits per heavy atom. The van der Waals surface area contributed by atoms with E-state index < -0.39 is 9.84 Å². The van der Waals surface area contributed by atoms with Crippen LogP contribution in [0, 0.1) is 11.8 Å². The summed E-state index contributed by atoms with van der Waals surface area (Å²) < 4.78 is 26.1. The Morgan fingerprint density at radius 3 is 1.84 bits per heavy atom. The summed E-state index contributed by atoms with van der Waals surface area (Å²) >= 11 is 0. The van der Waals surface area contributed by atoms with Gasteiger partial charge in [-0.3, -0.25) is 0 Å². The molecule has 0 bridgehead atoms. The van der Waals surface area contributed by atoms with Crippen LogP contribution in [0.4, 0.5) is 0 Å². The molecule has 0 aliphatic rings. The van der Waals surface area contributed by atoms with E-state index in [-0.39, 0.29) is 9.80 Å². The molecule has 0 radical (unpaired) electrons. The summed E-state index contributed by atoms with van der Waals surface area (Å²) in [6.07, 6.45) is 1.48. The van der Waals surface area contributed by atoms with Crippen LogP contribution in [0.2, 0.25) is 0 Å². The summed E-state index contributed by atoms with van der Waals surface area (Å²) in [5.41, 5.74) is 1.46. The number of sulfone groups is 1. The van der Waals surface area contributed by atoms with Gasteiger partial charge >= 0.3 is 0 Å². The topological polar surface area (TPSA) is 34.1 Å². The molecule has 0 fully saturated rings. The maximum absolute atomic E-state index is 13.0. The van der Waals surface area contributed by atoms with E-state index in [9.17, 15) is 8.42 Å². The number of hydrogen-bond donors (Lipinski definition) is 0. The van der Waals surface area contributed by atoms with Crippen LogP contribution in [0.25, 0.3) is 4.91 Å². The quantitative estimate of drug-likeness (QED) is 0.653. The molecule has 0 atom stereocenters. The number of allylic oxidation sites excluding steroid dienone is 1. The molecular weight excluding hydrogens is 328 g/mol. The molecule has 0 heterocycles. The van der Waals surface area contributed by atoms with Gasteiger partial charge in [0.15, 0.2) is 0 Å². The van der Waals surface area contributed by atoms with Gasteiger partial charge in [0.2, 0.25) is 9.84 Å². The molecule has 3 heteroatoms. The van der Waals surface area contributed by atoms with Crippen molar-refractivity contribution in [2.45, 2.75) is 4.90 Å². The molecule has 0 aliphatic carbocycles. The zero-order valence-electron chi connectivity index (χ0n) is 13.5. The molecule has 2 nitrogen and oxygen atoms in total. The van der Waals surface area contributed by atoms with Crippen LogP contribution in [0.1, 0.15) is 11.1 Å². The number of hydrogen-bond acceptors (Lipinski definition) is 2. The minimum atomic E-state index is -3.65. The molecule has 0 unspecified atom stereocenters. The summed E-state index contributed by atoms with van der Waals surface area (Å²) in [6.45, 7) is 0. The van der Waals surface area contributed by atoms with Gasteiger partial charge in [0.05, 0.1) is 9.80 Å². The molecule has 0 saturated carbocycles. The Morgan fingerprint density at radius 2 is 1.24 bits per heavy atom. The van der Waals surface area contributed by atoms with Gasteiger partial charge in [0, 0.05) is 11.6 Å². The van der Waals surface area contributed by atoms with Gasteiger partial charge in [-0.1, -0.05) is 78.6 Å². The largest absolute Gasteiger partial charge is 0.218 e. The maximum atomic E-state index is 13.0. The van der Waals surface area contributed by atoms with Crippen molar-refractivity contribution in [1.29, 1.82) is 0 Å². The summed E-state index contributed by atoms with van der Waals surface area (Å²) in [6, 6.07) is 26.9. The molecular formula is C22H16O2S. The van der Waals surface area contributed by atoms with E-state index in [1.54, 1.807) is 42.5 Å². The summed E-state index contributed by atoms with van der Waals surface area (Å²) in [5, 5.41) is 0. The first-order chi connectivity index (χ1) is 12.2. The predicted molar refractivity (Wildman–Crippen MR) is 101 cm³/mol. The van der Waals surface area contributed by atoms with Crippen molar-refractivity contribution < 1.29 is 8.42 Å².